The first-order chi connectivity index (χ1) is 10.2. The van der Waals surface area contributed by atoms with Crippen LogP contribution in [0.5, 0.6) is 17.8 Å². The quantitative estimate of drug-likeness (QED) is 0.773. The molecule has 0 unspecified atom stereocenters. The Morgan fingerprint density at radius 3 is 2.71 bits per heavy atom. The number of rotatable bonds is 3. The molecule has 0 bridgehead atoms. The van der Waals surface area contributed by atoms with Crippen molar-refractivity contribution in [2.75, 3.05) is 12.8 Å². The van der Waals surface area contributed by atoms with Crippen molar-refractivity contribution in [3.63, 3.8) is 0 Å². The molecular weight excluding hydrogens is 274 g/mol. The maximum atomic E-state index is 9.13. The highest BCUT2D eigenvalue weighted by atomic mass is 16.5. The van der Waals surface area contributed by atoms with Crippen molar-refractivity contribution in [1.29, 1.82) is 5.26 Å². The number of hydrogen-bond donors (Lipinski definition) is 1. The van der Waals surface area contributed by atoms with Crippen LogP contribution in [0, 0.1) is 11.3 Å². The van der Waals surface area contributed by atoms with Crippen LogP contribution in [0.1, 0.15) is 5.76 Å². The van der Waals surface area contributed by atoms with Gasteiger partial charge in [0.25, 0.3) is 0 Å². The number of nitrogen functional groups attached to an aromatic ring is 1. The summed E-state index contributed by atoms with van der Waals surface area (Å²) in [6.07, 6.45) is 0. The largest absolute Gasteiger partial charge is 0.467 e. The summed E-state index contributed by atoms with van der Waals surface area (Å²) in [6.45, 7) is 0. The summed E-state index contributed by atoms with van der Waals surface area (Å²) in [5, 5.41) is 9.76. The van der Waals surface area contributed by atoms with E-state index in [0.29, 0.717) is 11.0 Å². The number of nitrogens with zero attached hydrogens (tertiary/aromatic N) is 4. The Kier molecular flexibility index (Phi) is 3.00. The predicted octanol–water partition coefficient (Wildman–Crippen LogP) is 1.87. The van der Waals surface area contributed by atoms with E-state index < -0.39 is 0 Å². The van der Waals surface area contributed by atoms with Crippen LogP contribution in [-0.2, 0) is 0 Å². The van der Waals surface area contributed by atoms with Gasteiger partial charge in [0.05, 0.1) is 12.5 Å². The minimum Gasteiger partial charge on any atom is -0.467 e. The van der Waals surface area contributed by atoms with Gasteiger partial charge in [-0.2, -0.15) is 15.2 Å². The van der Waals surface area contributed by atoms with Crippen LogP contribution in [0.25, 0.3) is 11.0 Å². The van der Waals surface area contributed by atoms with Crippen molar-refractivity contribution in [2.24, 2.45) is 0 Å². The molecule has 8 heteroatoms. The van der Waals surface area contributed by atoms with E-state index in [2.05, 4.69) is 15.0 Å². The fourth-order valence-electron chi connectivity index (χ4n) is 1.78. The molecule has 0 saturated heterocycles. The zero-order valence-electron chi connectivity index (χ0n) is 10.9. The highest BCUT2D eigenvalue weighted by molar-refractivity contribution is 5.86. The molecule has 0 aliphatic carbocycles. The molecule has 0 amide bonds. The van der Waals surface area contributed by atoms with Crippen molar-refractivity contribution in [1.82, 2.24) is 15.0 Å². The lowest BCUT2D eigenvalue weighted by atomic mass is 10.2. The predicted molar refractivity (Wildman–Crippen MR) is 71.8 cm³/mol. The first-order valence-electron chi connectivity index (χ1n) is 5.86. The van der Waals surface area contributed by atoms with Crippen LogP contribution in [0.15, 0.2) is 28.7 Å². The average molecular weight is 283 g/mol. The Bertz CT molecular complexity index is 853. The van der Waals surface area contributed by atoms with E-state index in [1.165, 1.54) is 7.11 Å². The summed E-state index contributed by atoms with van der Waals surface area (Å²) >= 11 is 0. The van der Waals surface area contributed by atoms with Gasteiger partial charge < -0.3 is 19.6 Å². The molecule has 0 saturated carbocycles. The van der Waals surface area contributed by atoms with Crippen LogP contribution in [-0.4, -0.2) is 22.1 Å². The number of furan rings is 1. The summed E-state index contributed by atoms with van der Waals surface area (Å²) < 4.78 is 15.8. The van der Waals surface area contributed by atoms with Crippen LogP contribution in [0.3, 0.4) is 0 Å². The van der Waals surface area contributed by atoms with Crippen molar-refractivity contribution in [3.05, 3.63) is 30.0 Å². The van der Waals surface area contributed by atoms with E-state index in [-0.39, 0.29) is 29.5 Å². The standard InChI is InChI=1S/C13H9N5O3/c1-19-12-16-11(15)17-13(18-12)21-10-7-4-2-3-5-8(7)20-9(10)6-14/h2-5H,1H3,(H2,15,16,17,18). The van der Waals surface area contributed by atoms with Gasteiger partial charge in [0.2, 0.25) is 11.7 Å². The van der Waals surface area contributed by atoms with Gasteiger partial charge in [-0.15, -0.1) is 4.98 Å². The Balaban J connectivity index is 2.09. The minimum absolute atomic E-state index is 0.0174. The average Bonchev–Trinajstić information content (AvgIpc) is 2.85. The third-order valence-electron chi connectivity index (χ3n) is 2.64. The zero-order chi connectivity index (χ0) is 14.8. The van der Waals surface area contributed by atoms with E-state index in [9.17, 15) is 0 Å². The highest BCUT2D eigenvalue weighted by Gasteiger charge is 2.18. The molecule has 8 nitrogen and oxygen atoms in total. The molecule has 0 fully saturated rings. The third kappa shape index (κ3) is 2.28. The number of benzene rings is 1. The molecule has 0 aliphatic heterocycles. The van der Waals surface area contributed by atoms with E-state index >= 15 is 0 Å². The first kappa shape index (κ1) is 12.7. The molecule has 0 radical (unpaired) electrons. The Hall–Kier alpha value is -3.34. The smallest absolute Gasteiger partial charge is 0.330 e. The summed E-state index contributed by atoms with van der Waals surface area (Å²) in [6, 6.07) is 8.94. The van der Waals surface area contributed by atoms with Crippen LogP contribution >= 0.6 is 0 Å². The van der Waals surface area contributed by atoms with Gasteiger partial charge in [0.15, 0.2) is 5.75 Å². The zero-order valence-corrected chi connectivity index (χ0v) is 10.9. The number of ether oxygens (including phenoxy) is 2. The van der Waals surface area contributed by atoms with Crippen LogP contribution < -0.4 is 15.2 Å². The molecular formula is C13H9N5O3. The minimum atomic E-state index is -0.0811. The van der Waals surface area contributed by atoms with E-state index in [0.717, 1.165) is 0 Å². The Morgan fingerprint density at radius 1 is 1.19 bits per heavy atom. The molecule has 0 aliphatic rings. The van der Waals surface area contributed by atoms with Crippen molar-refractivity contribution in [3.8, 4) is 23.8 Å². The molecule has 1 aromatic carbocycles. The monoisotopic (exact) mass is 283 g/mol. The number of aromatic nitrogens is 3. The number of nitrogens with two attached hydrogens (primary N) is 1. The topological polar surface area (TPSA) is 120 Å². The summed E-state index contributed by atoms with van der Waals surface area (Å²) in [5.74, 6) is 0.193. The number of methoxy groups -OCH3 is 1. The van der Waals surface area contributed by atoms with Crippen molar-refractivity contribution >= 4 is 16.9 Å². The fraction of sp³-hybridized carbons (Fsp3) is 0.0769. The molecule has 21 heavy (non-hydrogen) atoms. The molecule has 0 spiro atoms. The normalized spacial score (nSPS) is 10.3. The second-order valence-corrected chi connectivity index (χ2v) is 3.93. The molecule has 2 aromatic heterocycles. The Morgan fingerprint density at radius 2 is 1.95 bits per heavy atom. The lowest BCUT2D eigenvalue weighted by molar-refractivity contribution is 0.359. The van der Waals surface area contributed by atoms with Gasteiger partial charge in [0, 0.05) is 0 Å². The van der Waals surface area contributed by atoms with Gasteiger partial charge in [-0.05, 0) is 12.1 Å². The van der Waals surface area contributed by atoms with Gasteiger partial charge in [0.1, 0.15) is 11.7 Å². The molecule has 3 rings (SSSR count). The number of nitriles is 1. The number of para-hydroxylation sites is 1. The lowest BCUT2D eigenvalue weighted by Gasteiger charge is -2.04. The van der Waals surface area contributed by atoms with Gasteiger partial charge in [-0.25, -0.2) is 0 Å². The molecule has 2 heterocycles. The van der Waals surface area contributed by atoms with Gasteiger partial charge >= 0.3 is 12.0 Å². The summed E-state index contributed by atoms with van der Waals surface area (Å²) in [4.78, 5) is 11.5. The van der Waals surface area contributed by atoms with Crippen LogP contribution in [0.2, 0.25) is 0 Å². The Labute approximate surface area is 118 Å². The maximum Gasteiger partial charge on any atom is 0.330 e. The van der Waals surface area contributed by atoms with Crippen LogP contribution in [0.4, 0.5) is 5.95 Å². The lowest BCUT2D eigenvalue weighted by Crippen LogP contribution is -2.03. The summed E-state index contributed by atoms with van der Waals surface area (Å²) in [7, 11) is 1.40. The van der Waals surface area contributed by atoms with Gasteiger partial charge in [-0.3, -0.25) is 0 Å². The summed E-state index contributed by atoms with van der Waals surface area (Å²) in [5.41, 5.74) is 6.06. The molecule has 3 aromatic rings. The SMILES string of the molecule is COc1nc(N)nc(Oc2c(C#N)oc3ccccc23)n1. The second-order valence-electron chi connectivity index (χ2n) is 3.93. The van der Waals surface area contributed by atoms with Crippen molar-refractivity contribution < 1.29 is 13.9 Å². The van der Waals surface area contributed by atoms with E-state index in [1.54, 1.807) is 24.3 Å². The highest BCUT2D eigenvalue weighted by Crippen LogP contribution is 2.35. The molecule has 104 valence electrons. The fourth-order valence-corrected chi connectivity index (χ4v) is 1.78. The second kappa shape index (κ2) is 4.97. The van der Waals surface area contributed by atoms with E-state index in [1.807, 2.05) is 6.07 Å². The molecule has 2 N–H and O–H groups in total. The maximum absolute atomic E-state index is 9.13. The number of hydrogen-bond acceptors (Lipinski definition) is 8. The number of anilines is 1. The number of fused-ring (bicyclic) bond motifs is 1. The van der Waals surface area contributed by atoms with E-state index in [4.69, 9.17) is 24.9 Å². The van der Waals surface area contributed by atoms with Crippen molar-refractivity contribution in [2.45, 2.75) is 0 Å². The third-order valence-corrected chi connectivity index (χ3v) is 2.64. The molecule has 0 atom stereocenters. The first-order valence-corrected chi connectivity index (χ1v) is 5.86. The van der Waals surface area contributed by atoms with Gasteiger partial charge in [-0.1, -0.05) is 12.1 Å².